The van der Waals surface area contributed by atoms with Crippen molar-refractivity contribution < 1.29 is 9.53 Å². The monoisotopic (exact) mass is 242 g/mol. The summed E-state index contributed by atoms with van der Waals surface area (Å²) < 4.78 is 5.59. The Bertz CT molecular complexity index is 197. The molecule has 0 aromatic carbocycles. The van der Waals surface area contributed by atoms with Crippen molar-refractivity contribution in [2.75, 3.05) is 6.61 Å². The van der Waals surface area contributed by atoms with E-state index in [2.05, 4.69) is 6.92 Å². The molecule has 0 radical (unpaired) electrons. The second kappa shape index (κ2) is 9.64. The quantitative estimate of drug-likeness (QED) is 0.498. The highest BCUT2D eigenvalue weighted by Crippen LogP contribution is 2.13. The summed E-state index contributed by atoms with van der Waals surface area (Å²) in [6.45, 7) is 8.24. The predicted molar refractivity (Wildman–Crippen MR) is 73.3 cm³/mol. The summed E-state index contributed by atoms with van der Waals surface area (Å²) in [7, 11) is 0. The zero-order chi connectivity index (χ0) is 13.1. The highest BCUT2D eigenvalue weighted by molar-refractivity contribution is 5.83. The third kappa shape index (κ3) is 9.34. The normalized spacial score (nSPS) is 11.8. The van der Waals surface area contributed by atoms with Gasteiger partial charge < -0.3 is 4.74 Å². The molecule has 2 nitrogen and oxygen atoms in total. The molecule has 0 N–H and O–H groups in total. The molecule has 0 heterocycles. The van der Waals surface area contributed by atoms with Crippen molar-refractivity contribution >= 4 is 5.78 Å². The predicted octanol–water partition coefficient (Wildman–Crippen LogP) is 4.51. The van der Waals surface area contributed by atoms with E-state index in [1.807, 2.05) is 13.8 Å². The smallest absolute Gasteiger partial charge is 0.160 e. The summed E-state index contributed by atoms with van der Waals surface area (Å²) in [6.07, 6.45) is 10.4. The van der Waals surface area contributed by atoms with Gasteiger partial charge in [0.25, 0.3) is 0 Å². The fourth-order valence-electron chi connectivity index (χ4n) is 1.66. The Morgan fingerprint density at radius 3 is 1.88 bits per heavy atom. The van der Waals surface area contributed by atoms with Gasteiger partial charge in [0.2, 0.25) is 0 Å². The van der Waals surface area contributed by atoms with Crippen molar-refractivity contribution in [2.24, 2.45) is 0 Å². The molecule has 17 heavy (non-hydrogen) atoms. The van der Waals surface area contributed by atoms with Gasteiger partial charge in [-0.05, 0) is 27.2 Å². The SMILES string of the molecule is CCCCCCCCCCOC(C)(C)C(C)=O. The van der Waals surface area contributed by atoms with Crippen molar-refractivity contribution in [1.82, 2.24) is 0 Å². The lowest BCUT2D eigenvalue weighted by molar-refractivity contribution is -0.138. The van der Waals surface area contributed by atoms with E-state index in [1.54, 1.807) is 6.92 Å². The van der Waals surface area contributed by atoms with Crippen molar-refractivity contribution in [1.29, 1.82) is 0 Å². The molecule has 0 saturated heterocycles. The van der Waals surface area contributed by atoms with E-state index >= 15 is 0 Å². The Balaban J connectivity index is 3.27. The zero-order valence-corrected chi connectivity index (χ0v) is 12.2. The van der Waals surface area contributed by atoms with Gasteiger partial charge in [-0.15, -0.1) is 0 Å². The van der Waals surface area contributed by atoms with Crippen LogP contribution in [0.2, 0.25) is 0 Å². The maximum absolute atomic E-state index is 11.2. The molecule has 0 bridgehead atoms. The summed E-state index contributed by atoms with van der Waals surface area (Å²) in [5, 5.41) is 0. The third-order valence-corrected chi connectivity index (χ3v) is 3.31. The molecule has 0 fully saturated rings. The molecule has 0 atom stereocenters. The van der Waals surface area contributed by atoms with Gasteiger partial charge in [-0.1, -0.05) is 51.9 Å². The van der Waals surface area contributed by atoms with Gasteiger partial charge in [0.15, 0.2) is 5.78 Å². The van der Waals surface area contributed by atoms with Crippen molar-refractivity contribution in [3.8, 4) is 0 Å². The number of unbranched alkanes of at least 4 members (excludes halogenated alkanes) is 7. The molecule has 102 valence electrons. The Hall–Kier alpha value is -0.370. The third-order valence-electron chi connectivity index (χ3n) is 3.31. The summed E-state index contributed by atoms with van der Waals surface area (Å²) in [5.74, 6) is 0.108. The van der Waals surface area contributed by atoms with Crippen LogP contribution in [0.5, 0.6) is 0 Å². The van der Waals surface area contributed by atoms with Gasteiger partial charge in [-0.3, -0.25) is 4.79 Å². The van der Waals surface area contributed by atoms with Gasteiger partial charge in [-0.25, -0.2) is 0 Å². The van der Waals surface area contributed by atoms with Crippen molar-refractivity contribution in [2.45, 2.75) is 84.7 Å². The van der Waals surface area contributed by atoms with Crippen LogP contribution in [0.25, 0.3) is 0 Å². The Morgan fingerprint density at radius 2 is 1.41 bits per heavy atom. The first-order valence-electron chi connectivity index (χ1n) is 7.15. The van der Waals surface area contributed by atoms with Gasteiger partial charge in [0.05, 0.1) is 0 Å². The van der Waals surface area contributed by atoms with E-state index in [4.69, 9.17) is 4.74 Å². The number of hydrogen-bond acceptors (Lipinski definition) is 2. The number of ether oxygens (including phenoxy) is 1. The first-order valence-corrected chi connectivity index (χ1v) is 7.15. The largest absolute Gasteiger partial charge is 0.368 e. The van der Waals surface area contributed by atoms with Gasteiger partial charge >= 0.3 is 0 Å². The van der Waals surface area contributed by atoms with Crippen LogP contribution in [0, 0.1) is 0 Å². The summed E-state index contributed by atoms with van der Waals surface area (Å²) >= 11 is 0. The minimum atomic E-state index is -0.596. The average molecular weight is 242 g/mol. The molecule has 0 unspecified atom stereocenters. The summed E-state index contributed by atoms with van der Waals surface area (Å²) in [5.41, 5.74) is -0.596. The average Bonchev–Trinajstić information content (AvgIpc) is 2.26. The van der Waals surface area contributed by atoms with Gasteiger partial charge in [0.1, 0.15) is 5.60 Å². The molecule has 0 aliphatic heterocycles. The molecule has 0 aliphatic rings. The molecule has 0 aromatic rings. The highest BCUT2D eigenvalue weighted by Gasteiger charge is 2.23. The minimum absolute atomic E-state index is 0.108. The first kappa shape index (κ1) is 16.6. The second-order valence-corrected chi connectivity index (χ2v) is 5.39. The molecular weight excluding hydrogens is 212 g/mol. The molecule has 0 rings (SSSR count). The van der Waals surface area contributed by atoms with Crippen LogP contribution in [0.15, 0.2) is 0 Å². The van der Waals surface area contributed by atoms with E-state index in [1.165, 1.54) is 44.9 Å². The maximum atomic E-state index is 11.2. The highest BCUT2D eigenvalue weighted by atomic mass is 16.5. The lowest BCUT2D eigenvalue weighted by Crippen LogP contribution is -2.33. The van der Waals surface area contributed by atoms with Crippen LogP contribution in [0.1, 0.15) is 79.1 Å². The van der Waals surface area contributed by atoms with Crippen LogP contribution in [-0.4, -0.2) is 18.0 Å². The number of hydrogen-bond donors (Lipinski definition) is 0. The lowest BCUT2D eigenvalue weighted by Gasteiger charge is -2.21. The molecule has 0 spiro atoms. The van der Waals surface area contributed by atoms with Crippen molar-refractivity contribution in [3.05, 3.63) is 0 Å². The van der Waals surface area contributed by atoms with E-state index < -0.39 is 5.60 Å². The van der Waals surface area contributed by atoms with E-state index in [0.717, 1.165) is 6.42 Å². The summed E-state index contributed by atoms with van der Waals surface area (Å²) in [4.78, 5) is 11.2. The molecule has 0 saturated carbocycles. The Labute approximate surface area is 107 Å². The standard InChI is InChI=1S/C15H30O2/c1-5-6-7-8-9-10-11-12-13-17-15(3,4)14(2)16/h5-13H2,1-4H3. The van der Waals surface area contributed by atoms with Crippen LogP contribution < -0.4 is 0 Å². The van der Waals surface area contributed by atoms with E-state index in [9.17, 15) is 4.79 Å². The molecule has 0 amide bonds. The van der Waals surface area contributed by atoms with Crippen LogP contribution >= 0.6 is 0 Å². The van der Waals surface area contributed by atoms with Gasteiger partial charge in [-0.2, -0.15) is 0 Å². The van der Waals surface area contributed by atoms with Crippen LogP contribution in [0.4, 0.5) is 0 Å². The first-order chi connectivity index (χ1) is 8.00. The summed E-state index contributed by atoms with van der Waals surface area (Å²) in [6, 6.07) is 0. The van der Waals surface area contributed by atoms with Crippen LogP contribution in [0.3, 0.4) is 0 Å². The minimum Gasteiger partial charge on any atom is -0.368 e. The molecule has 0 aliphatic carbocycles. The number of rotatable bonds is 11. The van der Waals surface area contributed by atoms with Gasteiger partial charge in [0, 0.05) is 6.61 Å². The second-order valence-electron chi connectivity index (χ2n) is 5.39. The fraction of sp³-hybridized carbons (Fsp3) is 0.933. The lowest BCUT2D eigenvalue weighted by atomic mass is 10.1. The van der Waals surface area contributed by atoms with E-state index in [-0.39, 0.29) is 5.78 Å². The Kier molecular flexibility index (Phi) is 9.43. The van der Waals surface area contributed by atoms with E-state index in [0.29, 0.717) is 6.61 Å². The van der Waals surface area contributed by atoms with Crippen LogP contribution in [-0.2, 0) is 9.53 Å². The maximum Gasteiger partial charge on any atom is 0.160 e. The Morgan fingerprint density at radius 1 is 0.941 bits per heavy atom. The topological polar surface area (TPSA) is 26.3 Å². The zero-order valence-electron chi connectivity index (χ0n) is 12.2. The molecule has 2 heteroatoms. The number of ketones is 1. The molecular formula is C15H30O2. The molecule has 0 aromatic heterocycles. The number of carbonyl (C=O) groups excluding carboxylic acids is 1. The number of carbonyl (C=O) groups is 1. The number of Topliss-reactive ketones (excluding diaryl/α,β-unsaturated/α-hetero) is 1. The van der Waals surface area contributed by atoms with Crippen molar-refractivity contribution in [3.63, 3.8) is 0 Å². The fourth-order valence-corrected chi connectivity index (χ4v) is 1.66.